The van der Waals surface area contributed by atoms with Gasteiger partial charge in [0.2, 0.25) is 39.3 Å². The highest BCUT2D eigenvalue weighted by molar-refractivity contribution is 7.92. The Bertz CT molecular complexity index is 4480. The number of carbonyl (C=O) groups excluding carboxylic acids is 1. The molecule has 2 unspecified atom stereocenters. The zero-order valence-electron chi connectivity index (χ0n) is 53.8. The summed E-state index contributed by atoms with van der Waals surface area (Å²) in [4.78, 5) is 14.2. The topological polar surface area (TPSA) is 236 Å². The molecule has 0 aromatic heterocycles. The molecule has 5 aliphatic rings. The zero-order chi connectivity index (χ0) is 66.8. The lowest BCUT2D eigenvalue weighted by Gasteiger charge is -2.24. The minimum atomic E-state index is -3.50. The molecule has 4 aliphatic carbocycles. The molecule has 8 aromatic carbocycles. The van der Waals surface area contributed by atoms with Crippen LogP contribution < -0.4 is 5.73 Å². The van der Waals surface area contributed by atoms with E-state index >= 15 is 0 Å². The Morgan fingerprint density at radius 2 is 0.812 bits per heavy atom. The Kier molecular flexibility index (Phi) is 29.5. The van der Waals surface area contributed by atoms with E-state index in [-0.39, 0.29) is 54.5 Å². The molecule has 1 aliphatic heterocycles. The quantitative estimate of drug-likeness (QED) is 0.133. The van der Waals surface area contributed by atoms with Crippen LogP contribution in [0.25, 0.3) is 5.57 Å². The van der Waals surface area contributed by atoms with Gasteiger partial charge in [-0.2, -0.15) is 10.5 Å². The average Bonchev–Trinajstić information content (AvgIpc) is 0.952. The smallest absolute Gasteiger partial charge is 0.206 e. The molecule has 3 radical (unpaired) electrons. The summed E-state index contributed by atoms with van der Waals surface area (Å²) in [5.74, 6) is 0.361. The van der Waals surface area contributed by atoms with Crippen molar-refractivity contribution in [1.29, 1.82) is 10.5 Å². The number of nitrogens with zero attached hydrogens (tertiary/aromatic N) is 2. The third-order valence-corrected chi connectivity index (χ3v) is 23.3. The number of fused-ring (bicyclic) bond motifs is 4. The van der Waals surface area contributed by atoms with Crippen LogP contribution in [0.15, 0.2) is 239 Å². The number of nitriles is 2. The minimum absolute atomic E-state index is 0. The summed E-state index contributed by atoms with van der Waals surface area (Å²) in [5, 5.41) is 18.3. The van der Waals surface area contributed by atoms with Crippen molar-refractivity contribution in [2.45, 2.75) is 176 Å². The number of allylic oxidation sites excluding steroid dienone is 2. The van der Waals surface area contributed by atoms with Crippen molar-refractivity contribution in [2.24, 2.45) is 5.73 Å². The van der Waals surface area contributed by atoms with E-state index in [1.165, 1.54) is 24.5 Å². The van der Waals surface area contributed by atoms with E-state index in [1.807, 2.05) is 24.3 Å². The van der Waals surface area contributed by atoms with E-state index in [0.29, 0.717) is 49.6 Å². The number of ketones is 1. The summed E-state index contributed by atoms with van der Waals surface area (Å²) in [5.41, 5.74) is 14.0. The summed E-state index contributed by atoms with van der Waals surface area (Å²) in [6.07, 6.45) is 13.8. The predicted molar refractivity (Wildman–Crippen MR) is 387 cm³/mol. The summed E-state index contributed by atoms with van der Waals surface area (Å²) >= 11 is 0. The molecular weight excluding hydrogens is 1290 g/mol. The second-order valence-electron chi connectivity index (χ2n) is 24.9. The third-order valence-electron chi connectivity index (χ3n) is 16.2. The summed E-state index contributed by atoms with van der Waals surface area (Å²) in [6.45, 7) is 11.9. The molecule has 0 amide bonds. The van der Waals surface area contributed by atoms with Crippen LogP contribution in [0.3, 0.4) is 0 Å². The molecule has 2 N–H and O–H groups in total. The van der Waals surface area contributed by atoms with Gasteiger partial charge in [-0.15, -0.1) is 0 Å². The molecule has 13 rings (SSSR count). The number of hydrogen-bond donors (Lipinski definition) is 1. The van der Waals surface area contributed by atoms with Gasteiger partial charge < -0.3 is 10.5 Å². The number of nitrogens with two attached hydrogens (primary N) is 1. The molecule has 1 fully saturated rings. The number of ether oxygens (including phenoxy) is 1. The van der Waals surface area contributed by atoms with E-state index in [1.54, 1.807) is 170 Å². The SMILES string of the molecule is C.C.C1CCOC1.C[Si](C)(C)C.N#CC1=CCCc2cc(S(=O)(=O)c3ccccc3)ccc21.N#CC1CCCc2cc(S(=O)(=O)c3ccccc3)ccc21.NCC1CCCc2cc(S(=O)(=O)c3ccccc3)ccc21.O=C1CCCc2cc(S(=O)(=O)c3ccccc3)ccc21.[B]. The van der Waals surface area contributed by atoms with Gasteiger partial charge in [-0.3, -0.25) is 4.79 Å². The lowest BCUT2D eigenvalue weighted by atomic mass is 9.83. The Morgan fingerprint density at radius 3 is 1.21 bits per heavy atom. The number of carbonyl (C=O) groups is 1. The number of Topliss-reactive ketones (excluding diaryl/α,β-unsaturated/α-hetero) is 1. The van der Waals surface area contributed by atoms with Gasteiger partial charge in [-0.25, -0.2) is 33.7 Å². The molecule has 0 saturated carbocycles. The van der Waals surface area contributed by atoms with Crippen LogP contribution in [0, 0.1) is 22.7 Å². The van der Waals surface area contributed by atoms with Gasteiger partial charge in [-0.1, -0.05) is 138 Å². The first-order chi connectivity index (χ1) is 44.5. The monoisotopic (exact) mass is 1380 g/mol. The van der Waals surface area contributed by atoms with Crippen LogP contribution in [0.1, 0.15) is 134 Å². The van der Waals surface area contributed by atoms with E-state index in [4.69, 9.17) is 15.7 Å². The maximum atomic E-state index is 12.6. The molecule has 503 valence electrons. The molecule has 1 heterocycles. The van der Waals surface area contributed by atoms with Crippen molar-refractivity contribution in [2.75, 3.05) is 19.8 Å². The lowest BCUT2D eigenvalue weighted by molar-refractivity contribution is 0.0972. The molecule has 2 atom stereocenters. The second kappa shape index (κ2) is 35.9. The summed E-state index contributed by atoms with van der Waals surface area (Å²) in [7, 11) is -14.5. The molecule has 1 saturated heterocycles. The van der Waals surface area contributed by atoms with Crippen LogP contribution in [0.4, 0.5) is 0 Å². The first-order valence-electron chi connectivity index (χ1n) is 31.5. The number of rotatable bonds is 9. The highest BCUT2D eigenvalue weighted by Gasteiger charge is 2.27. The molecule has 0 bridgehead atoms. The Morgan fingerprint density at radius 1 is 0.448 bits per heavy atom. The van der Waals surface area contributed by atoms with Gasteiger partial charge in [0.1, 0.15) is 0 Å². The fourth-order valence-corrected chi connectivity index (χ4v) is 16.8. The average molecular weight is 1380 g/mol. The Hall–Kier alpha value is -7.85. The minimum Gasteiger partial charge on any atom is -0.381 e. The number of aryl methyl sites for hydroxylation is 4. The zero-order valence-corrected chi connectivity index (χ0v) is 58.1. The fraction of sp³-hybridized carbons (Fsp3) is 0.312. The van der Waals surface area contributed by atoms with Crippen LogP contribution in [-0.4, -0.2) is 75.7 Å². The van der Waals surface area contributed by atoms with Gasteiger partial charge in [0.15, 0.2) is 5.78 Å². The van der Waals surface area contributed by atoms with E-state index in [9.17, 15) is 43.7 Å². The van der Waals surface area contributed by atoms with Crippen molar-refractivity contribution in [1.82, 2.24) is 0 Å². The Balaban J connectivity index is 0.000000218. The lowest BCUT2D eigenvalue weighted by Crippen LogP contribution is -2.18. The molecule has 19 heteroatoms. The van der Waals surface area contributed by atoms with Gasteiger partial charge in [0.25, 0.3) is 0 Å². The van der Waals surface area contributed by atoms with Crippen LogP contribution in [-0.2, 0) is 69.8 Å². The van der Waals surface area contributed by atoms with Crippen LogP contribution >= 0.6 is 0 Å². The fourth-order valence-electron chi connectivity index (χ4n) is 11.4. The van der Waals surface area contributed by atoms with E-state index < -0.39 is 47.4 Å². The van der Waals surface area contributed by atoms with Crippen molar-refractivity contribution in [3.8, 4) is 12.1 Å². The predicted octanol–water partition coefficient (Wildman–Crippen LogP) is 16.4. The number of hydrogen-bond acceptors (Lipinski definition) is 13. The van der Waals surface area contributed by atoms with Crippen molar-refractivity contribution in [3.05, 3.63) is 245 Å². The highest BCUT2D eigenvalue weighted by Crippen LogP contribution is 2.36. The van der Waals surface area contributed by atoms with Gasteiger partial charge in [0, 0.05) is 41.7 Å². The highest BCUT2D eigenvalue weighted by atomic mass is 32.2. The molecule has 96 heavy (non-hydrogen) atoms. The molecular formula is C77H89BN3O10S4Si. The first kappa shape index (κ1) is 78.8. The van der Waals surface area contributed by atoms with E-state index in [0.717, 1.165) is 111 Å². The largest absolute Gasteiger partial charge is 0.381 e. The molecule has 0 spiro atoms. The van der Waals surface area contributed by atoms with Gasteiger partial charge in [-0.05, 0) is 232 Å². The Labute approximate surface area is 574 Å². The van der Waals surface area contributed by atoms with E-state index in [2.05, 4.69) is 38.3 Å². The van der Waals surface area contributed by atoms with Crippen LogP contribution in [0.2, 0.25) is 26.2 Å². The van der Waals surface area contributed by atoms with Crippen molar-refractivity contribution in [3.63, 3.8) is 0 Å². The number of benzene rings is 8. The number of sulfone groups is 4. The molecule has 13 nitrogen and oxygen atoms in total. The van der Waals surface area contributed by atoms with Crippen LogP contribution in [0.5, 0.6) is 0 Å². The molecule has 8 aromatic rings. The van der Waals surface area contributed by atoms with Crippen molar-refractivity contribution >= 4 is 67.2 Å². The normalized spacial score (nSPS) is 15.9. The standard InChI is InChI=1S/C17H19NO2S.C17H15NO2S.C17H13NO2S.C16H14O3S.C4H8O.C4H12Si.2CH4.B/c3*18-12-14-6-4-5-13-11-16(9-10-17(13)14)21(19,20)15-7-2-1-3-8-15;17-16-8-4-5-12-11-14(9-10-15(12)16)20(18,19)13-6-2-1-3-7-13;1-2-4-5-3-1;1-5(2,3)4;;;/h1-3,7-11,14H,4-6,12,18H2;1-3,7-11,14H,4-6H2;1-3,6-11H,4-5H2;1-3,6-7,9-11H,4-5,8H2;1-4H2;1-4H3;2*1H4;. The maximum Gasteiger partial charge on any atom is 0.206 e. The van der Waals surface area contributed by atoms with Gasteiger partial charge in [0.05, 0.1) is 62.8 Å². The second-order valence-corrected chi connectivity index (χ2v) is 38.7. The first-order valence-corrected chi connectivity index (χ1v) is 41.4. The van der Waals surface area contributed by atoms with Crippen molar-refractivity contribution < 1.29 is 43.2 Å². The third kappa shape index (κ3) is 20.4. The van der Waals surface area contributed by atoms with Gasteiger partial charge >= 0.3 is 0 Å². The summed E-state index contributed by atoms with van der Waals surface area (Å²) < 4.78 is 106. The summed E-state index contributed by atoms with van der Waals surface area (Å²) in [6, 6.07) is 58.7. The maximum absolute atomic E-state index is 12.6.